The van der Waals surface area contributed by atoms with Gasteiger partial charge in [-0.15, -0.1) is 11.8 Å². The lowest BCUT2D eigenvalue weighted by atomic mass is 10.1. The van der Waals surface area contributed by atoms with Gasteiger partial charge in [0.2, 0.25) is 5.91 Å². The molecular formula is C13H21NO2S2. The molecule has 5 heteroatoms. The minimum absolute atomic E-state index is 0.0196. The van der Waals surface area contributed by atoms with Crippen LogP contribution in [0.4, 0.5) is 0 Å². The molecule has 1 heterocycles. The van der Waals surface area contributed by atoms with Gasteiger partial charge in [0.05, 0.1) is 11.4 Å². The van der Waals surface area contributed by atoms with Gasteiger partial charge in [0.1, 0.15) is 0 Å². The topological polar surface area (TPSA) is 49.3 Å². The molecule has 0 aliphatic rings. The summed E-state index contributed by atoms with van der Waals surface area (Å²) in [4.78, 5) is 12.0. The molecule has 0 aromatic carbocycles. The SMILES string of the molecule is CCSC(C(=O)NCC(O)c1ccsc1)C(C)C. The lowest BCUT2D eigenvalue weighted by Gasteiger charge is -2.20. The average molecular weight is 287 g/mol. The fourth-order valence-electron chi connectivity index (χ4n) is 1.63. The van der Waals surface area contributed by atoms with Crippen LogP contribution in [0.25, 0.3) is 0 Å². The molecule has 0 aliphatic carbocycles. The first-order chi connectivity index (χ1) is 8.56. The minimum atomic E-state index is -0.611. The maximum Gasteiger partial charge on any atom is 0.233 e. The highest BCUT2D eigenvalue weighted by molar-refractivity contribution is 8.00. The van der Waals surface area contributed by atoms with E-state index in [2.05, 4.69) is 5.32 Å². The van der Waals surface area contributed by atoms with Gasteiger partial charge in [-0.25, -0.2) is 0 Å². The number of thioether (sulfide) groups is 1. The summed E-state index contributed by atoms with van der Waals surface area (Å²) in [6, 6.07) is 1.88. The van der Waals surface area contributed by atoms with Gasteiger partial charge in [-0.3, -0.25) is 4.79 Å². The van der Waals surface area contributed by atoms with Crippen LogP contribution in [-0.4, -0.2) is 28.6 Å². The molecule has 0 aliphatic heterocycles. The van der Waals surface area contributed by atoms with Crippen molar-refractivity contribution in [2.45, 2.75) is 32.1 Å². The number of aliphatic hydroxyl groups is 1. The lowest BCUT2D eigenvalue weighted by molar-refractivity contribution is -0.121. The molecule has 0 bridgehead atoms. The monoisotopic (exact) mass is 287 g/mol. The van der Waals surface area contributed by atoms with E-state index in [4.69, 9.17) is 0 Å². The summed E-state index contributed by atoms with van der Waals surface area (Å²) in [5.41, 5.74) is 0.865. The highest BCUT2D eigenvalue weighted by Gasteiger charge is 2.22. The fraction of sp³-hybridized carbons (Fsp3) is 0.615. The zero-order valence-corrected chi connectivity index (χ0v) is 12.7. The molecule has 1 aromatic rings. The molecule has 0 radical (unpaired) electrons. The van der Waals surface area contributed by atoms with E-state index >= 15 is 0 Å². The number of carbonyl (C=O) groups excluding carboxylic acids is 1. The zero-order valence-electron chi connectivity index (χ0n) is 11.1. The van der Waals surface area contributed by atoms with Crippen molar-refractivity contribution in [3.63, 3.8) is 0 Å². The van der Waals surface area contributed by atoms with Crippen molar-refractivity contribution in [1.82, 2.24) is 5.32 Å². The second-order valence-corrected chi connectivity index (χ2v) is 6.64. The molecular weight excluding hydrogens is 266 g/mol. The Morgan fingerprint density at radius 3 is 2.78 bits per heavy atom. The van der Waals surface area contributed by atoms with E-state index in [1.807, 2.05) is 37.6 Å². The molecule has 0 fully saturated rings. The second kappa shape index (κ2) is 7.81. The van der Waals surface area contributed by atoms with Crippen molar-refractivity contribution in [2.75, 3.05) is 12.3 Å². The number of amides is 1. The molecule has 1 aromatic heterocycles. The summed E-state index contributed by atoms with van der Waals surface area (Å²) in [7, 11) is 0. The van der Waals surface area contributed by atoms with Crippen LogP contribution < -0.4 is 5.32 Å². The van der Waals surface area contributed by atoms with E-state index in [0.29, 0.717) is 5.92 Å². The van der Waals surface area contributed by atoms with Gasteiger partial charge in [0.25, 0.3) is 0 Å². The number of aliphatic hydroxyl groups excluding tert-OH is 1. The van der Waals surface area contributed by atoms with Crippen LogP contribution in [0.2, 0.25) is 0 Å². The fourth-order valence-corrected chi connectivity index (χ4v) is 3.32. The van der Waals surface area contributed by atoms with Gasteiger partial charge < -0.3 is 10.4 Å². The van der Waals surface area contributed by atoms with Gasteiger partial charge in [-0.05, 0) is 34.1 Å². The normalized spacial score (nSPS) is 14.5. The Kier molecular flexibility index (Phi) is 6.75. The number of carbonyl (C=O) groups is 1. The van der Waals surface area contributed by atoms with Gasteiger partial charge in [-0.2, -0.15) is 11.3 Å². The van der Waals surface area contributed by atoms with Crippen LogP contribution >= 0.6 is 23.1 Å². The highest BCUT2D eigenvalue weighted by Crippen LogP contribution is 2.20. The van der Waals surface area contributed by atoms with Crippen LogP contribution in [-0.2, 0) is 4.79 Å². The predicted octanol–water partition coefficient (Wildman–Crippen LogP) is 2.68. The van der Waals surface area contributed by atoms with Crippen LogP contribution in [0, 0.1) is 5.92 Å². The molecule has 0 saturated heterocycles. The molecule has 18 heavy (non-hydrogen) atoms. The average Bonchev–Trinajstić information content (AvgIpc) is 2.85. The first-order valence-electron chi connectivity index (χ1n) is 6.15. The summed E-state index contributed by atoms with van der Waals surface area (Å²) < 4.78 is 0. The third-order valence-corrected chi connectivity index (χ3v) is 4.76. The maximum atomic E-state index is 12.0. The summed E-state index contributed by atoms with van der Waals surface area (Å²) in [6.07, 6.45) is -0.611. The summed E-state index contributed by atoms with van der Waals surface area (Å²) >= 11 is 3.19. The van der Waals surface area contributed by atoms with Crippen molar-refractivity contribution in [3.05, 3.63) is 22.4 Å². The van der Waals surface area contributed by atoms with Crippen molar-refractivity contribution < 1.29 is 9.90 Å². The molecule has 1 amide bonds. The number of rotatable bonds is 7. The van der Waals surface area contributed by atoms with Crippen LogP contribution in [0.15, 0.2) is 16.8 Å². The minimum Gasteiger partial charge on any atom is -0.387 e. The molecule has 2 atom stereocenters. The lowest BCUT2D eigenvalue weighted by Crippen LogP contribution is -2.38. The Morgan fingerprint density at radius 1 is 1.56 bits per heavy atom. The maximum absolute atomic E-state index is 12.0. The first-order valence-corrected chi connectivity index (χ1v) is 8.14. The summed E-state index contributed by atoms with van der Waals surface area (Å²) in [5.74, 6) is 1.24. The Balaban J connectivity index is 2.44. The van der Waals surface area contributed by atoms with Crippen molar-refractivity contribution >= 4 is 29.0 Å². The Morgan fingerprint density at radius 2 is 2.28 bits per heavy atom. The van der Waals surface area contributed by atoms with Gasteiger partial charge in [0, 0.05) is 6.54 Å². The van der Waals surface area contributed by atoms with Crippen molar-refractivity contribution in [2.24, 2.45) is 5.92 Å². The van der Waals surface area contributed by atoms with Crippen molar-refractivity contribution in [3.8, 4) is 0 Å². The van der Waals surface area contributed by atoms with Crippen molar-refractivity contribution in [1.29, 1.82) is 0 Å². The quantitative estimate of drug-likeness (QED) is 0.810. The number of thiophene rings is 1. The number of hydrogen-bond donors (Lipinski definition) is 2. The first kappa shape index (κ1) is 15.5. The molecule has 1 rings (SSSR count). The van der Waals surface area contributed by atoms with E-state index < -0.39 is 6.10 Å². The Hall–Kier alpha value is -0.520. The molecule has 0 spiro atoms. The van der Waals surface area contributed by atoms with Gasteiger partial charge >= 0.3 is 0 Å². The van der Waals surface area contributed by atoms with E-state index in [-0.39, 0.29) is 17.7 Å². The second-order valence-electron chi connectivity index (χ2n) is 4.44. The van der Waals surface area contributed by atoms with Crippen LogP contribution in [0.5, 0.6) is 0 Å². The summed E-state index contributed by atoms with van der Waals surface area (Å²) in [5, 5.41) is 16.5. The third kappa shape index (κ3) is 4.63. The van der Waals surface area contributed by atoms with Gasteiger partial charge in [0.15, 0.2) is 0 Å². The van der Waals surface area contributed by atoms with Gasteiger partial charge in [-0.1, -0.05) is 20.8 Å². The standard InChI is InChI=1S/C13H21NO2S2/c1-4-18-12(9(2)3)13(16)14-7-11(15)10-5-6-17-8-10/h5-6,8-9,11-12,15H,4,7H2,1-3H3,(H,14,16). The zero-order chi connectivity index (χ0) is 13.5. The van der Waals surface area contributed by atoms with E-state index in [1.54, 1.807) is 23.1 Å². The Bertz CT molecular complexity index is 352. The smallest absolute Gasteiger partial charge is 0.233 e. The van der Waals surface area contributed by atoms with E-state index in [9.17, 15) is 9.90 Å². The highest BCUT2D eigenvalue weighted by atomic mass is 32.2. The molecule has 3 nitrogen and oxygen atoms in total. The van der Waals surface area contributed by atoms with E-state index in [1.165, 1.54) is 0 Å². The predicted molar refractivity (Wildman–Crippen MR) is 79.0 cm³/mol. The third-order valence-electron chi connectivity index (χ3n) is 2.61. The Labute approximate surface area is 117 Å². The largest absolute Gasteiger partial charge is 0.387 e. The number of hydrogen-bond acceptors (Lipinski definition) is 4. The number of nitrogens with one attached hydrogen (secondary N) is 1. The van der Waals surface area contributed by atoms with Crippen LogP contribution in [0.1, 0.15) is 32.4 Å². The molecule has 2 N–H and O–H groups in total. The molecule has 2 unspecified atom stereocenters. The molecule has 102 valence electrons. The van der Waals surface area contributed by atoms with Crippen LogP contribution in [0.3, 0.4) is 0 Å². The molecule has 0 saturated carbocycles. The summed E-state index contributed by atoms with van der Waals surface area (Å²) in [6.45, 7) is 6.42. The van der Waals surface area contributed by atoms with E-state index in [0.717, 1.165) is 11.3 Å².